The van der Waals surface area contributed by atoms with E-state index in [0.717, 1.165) is 6.07 Å². The minimum atomic E-state index is -0.510. The summed E-state index contributed by atoms with van der Waals surface area (Å²) in [6.07, 6.45) is 0. The lowest BCUT2D eigenvalue weighted by atomic mass is 10.1. The molecule has 1 N–H and O–H groups in total. The fraction of sp³-hybridized carbons (Fsp3) is 0.200. The number of hydrogen-bond acceptors (Lipinski definition) is 3. The quantitative estimate of drug-likeness (QED) is 0.934. The summed E-state index contributed by atoms with van der Waals surface area (Å²) in [4.78, 5) is 11.9. The number of furan rings is 1. The van der Waals surface area contributed by atoms with Crippen LogP contribution in [0.1, 0.15) is 33.0 Å². The molecule has 0 aliphatic rings. The minimum absolute atomic E-state index is 0.0556. The first-order valence-electron chi connectivity index (χ1n) is 6.05. The summed E-state index contributed by atoms with van der Waals surface area (Å²) in [6, 6.07) is 7.64. The van der Waals surface area contributed by atoms with Gasteiger partial charge in [0.05, 0.1) is 17.2 Å². The van der Waals surface area contributed by atoms with Gasteiger partial charge in [0.25, 0.3) is 5.91 Å². The average molecular weight is 272 g/mol. The van der Waals surface area contributed by atoms with Crippen LogP contribution in [0.25, 0.3) is 0 Å². The standard InChI is InChI=1S/C15H13FN2O2/c1-9-5-13(10(2)20-9)15(19)18-8-12-4-3-11(7-17)6-14(12)16/h3-6H,8H2,1-2H3,(H,18,19). The maximum atomic E-state index is 13.7. The Labute approximate surface area is 115 Å². The fourth-order valence-corrected chi connectivity index (χ4v) is 1.89. The smallest absolute Gasteiger partial charge is 0.255 e. The second-order valence-electron chi connectivity index (χ2n) is 4.43. The molecule has 1 aromatic carbocycles. The molecule has 1 heterocycles. The number of nitrogens with zero attached hydrogens (tertiary/aromatic N) is 1. The summed E-state index contributed by atoms with van der Waals surface area (Å²) in [7, 11) is 0. The Balaban J connectivity index is 2.08. The number of aryl methyl sites for hydroxylation is 2. The molecule has 20 heavy (non-hydrogen) atoms. The van der Waals surface area contributed by atoms with Gasteiger partial charge in [-0.1, -0.05) is 6.07 Å². The molecule has 0 atom stereocenters. The lowest BCUT2D eigenvalue weighted by molar-refractivity contribution is 0.0949. The molecular weight excluding hydrogens is 259 g/mol. The van der Waals surface area contributed by atoms with E-state index in [1.807, 2.05) is 6.07 Å². The predicted octanol–water partition coefficient (Wildman–Crippen LogP) is 2.84. The van der Waals surface area contributed by atoms with Crippen LogP contribution in [-0.2, 0) is 6.54 Å². The topological polar surface area (TPSA) is 66.0 Å². The Morgan fingerprint density at radius 1 is 1.40 bits per heavy atom. The summed E-state index contributed by atoms with van der Waals surface area (Å²) < 4.78 is 18.9. The van der Waals surface area contributed by atoms with Crippen LogP contribution in [-0.4, -0.2) is 5.91 Å². The van der Waals surface area contributed by atoms with E-state index in [0.29, 0.717) is 22.6 Å². The highest BCUT2D eigenvalue weighted by Gasteiger charge is 2.13. The third kappa shape index (κ3) is 2.86. The molecule has 0 saturated carbocycles. The first-order valence-corrected chi connectivity index (χ1v) is 6.05. The molecule has 4 nitrogen and oxygen atoms in total. The van der Waals surface area contributed by atoms with Crippen LogP contribution in [0.5, 0.6) is 0 Å². The molecule has 5 heteroatoms. The van der Waals surface area contributed by atoms with Crippen LogP contribution < -0.4 is 5.32 Å². The summed E-state index contributed by atoms with van der Waals surface area (Å²) in [5.41, 5.74) is 1.02. The predicted molar refractivity (Wildman–Crippen MR) is 70.5 cm³/mol. The molecule has 0 spiro atoms. The van der Waals surface area contributed by atoms with Gasteiger partial charge in [0, 0.05) is 12.1 Å². The third-order valence-electron chi connectivity index (χ3n) is 2.91. The van der Waals surface area contributed by atoms with Crippen LogP contribution in [0.4, 0.5) is 4.39 Å². The van der Waals surface area contributed by atoms with Gasteiger partial charge in [-0.3, -0.25) is 4.79 Å². The van der Waals surface area contributed by atoms with Gasteiger partial charge >= 0.3 is 0 Å². The number of carbonyl (C=O) groups is 1. The largest absolute Gasteiger partial charge is 0.466 e. The van der Waals surface area contributed by atoms with Crippen LogP contribution in [0.3, 0.4) is 0 Å². The molecule has 0 unspecified atom stereocenters. The first kappa shape index (κ1) is 13.8. The molecule has 1 aromatic heterocycles. The van der Waals surface area contributed by atoms with Gasteiger partial charge in [-0.15, -0.1) is 0 Å². The average Bonchev–Trinajstić information content (AvgIpc) is 2.76. The number of halogens is 1. The zero-order valence-electron chi connectivity index (χ0n) is 11.2. The van der Waals surface area contributed by atoms with Gasteiger partial charge in [-0.25, -0.2) is 4.39 Å². The van der Waals surface area contributed by atoms with Crippen molar-refractivity contribution in [3.63, 3.8) is 0 Å². The highest BCUT2D eigenvalue weighted by Crippen LogP contribution is 2.14. The van der Waals surface area contributed by atoms with E-state index in [2.05, 4.69) is 5.32 Å². The Kier molecular flexibility index (Phi) is 3.85. The summed E-state index contributed by atoms with van der Waals surface area (Å²) in [6.45, 7) is 3.51. The Morgan fingerprint density at radius 3 is 2.70 bits per heavy atom. The van der Waals surface area contributed by atoms with Crippen molar-refractivity contribution in [2.45, 2.75) is 20.4 Å². The minimum Gasteiger partial charge on any atom is -0.466 e. The van der Waals surface area contributed by atoms with E-state index in [1.54, 1.807) is 19.9 Å². The van der Waals surface area contributed by atoms with E-state index in [-0.39, 0.29) is 18.0 Å². The Hall–Kier alpha value is -2.61. The van der Waals surface area contributed by atoms with Crippen molar-refractivity contribution in [2.24, 2.45) is 0 Å². The summed E-state index contributed by atoms with van der Waals surface area (Å²) >= 11 is 0. The van der Waals surface area contributed by atoms with E-state index in [4.69, 9.17) is 9.68 Å². The molecule has 0 bridgehead atoms. The van der Waals surface area contributed by atoms with Crippen molar-refractivity contribution in [2.75, 3.05) is 0 Å². The van der Waals surface area contributed by atoms with Gasteiger partial charge in [-0.2, -0.15) is 5.26 Å². The van der Waals surface area contributed by atoms with Gasteiger partial charge in [0.15, 0.2) is 0 Å². The van der Waals surface area contributed by atoms with Crippen molar-refractivity contribution in [3.8, 4) is 6.07 Å². The highest BCUT2D eigenvalue weighted by atomic mass is 19.1. The van der Waals surface area contributed by atoms with Crippen molar-refractivity contribution < 1.29 is 13.6 Å². The Bertz CT molecular complexity index is 698. The third-order valence-corrected chi connectivity index (χ3v) is 2.91. The second kappa shape index (κ2) is 5.57. The maximum Gasteiger partial charge on any atom is 0.255 e. The fourth-order valence-electron chi connectivity index (χ4n) is 1.89. The SMILES string of the molecule is Cc1cc(C(=O)NCc2ccc(C#N)cc2F)c(C)o1. The zero-order chi connectivity index (χ0) is 14.7. The molecule has 0 aliphatic carbocycles. The van der Waals surface area contributed by atoms with Crippen LogP contribution in [0.15, 0.2) is 28.7 Å². The van der Waals surface area contributed by atoms with Crippen molar-refractivity contribution in [1.29, 1.82) is 5.26 Å². The summed E-state index contributed by atoms with van der Waals surface area (Å²) in [5, 5.41) is 11.3. The lowest BCUT2D eigenvalue weighted by Crippen LogP contribution is -2.23. The monoisotopic (exact) mass is 272 g/mol. The maximum absolute atomic E-state index is 13.7. The molecule has 0 radical (unpaired) electrons. The van der Waals surface area contributed by atoms with Gasteiger partial charge in [0.2, 0.25) is 0 Å². The van der Waals surface area contributed by atoms with E-state index >= 15 is 0 Å². The molecule has 2 rings (SSSR count). The highest BCUT2D eigenvalue weighted by molar-refractivity contribution is 5.95. The molecular formula is C15H13FN2O2. The first-order chi connectivity index (χ1) is 9.51. The molecule has 0 aliphatic heterocycles. The number of amides is 1. The van der Waals surface area contributed by atoms with Crippen molar-refractivity contribution in [1.82, 2.24) is 5.32 Å². The number of nitriles is 1. The van der Waals surface area contributed by atoms with E-state index < -0.39 is 5.82 Å². The number of hydrogen-bond donors (Lipinski definition) is 1. The normalized spacial score (nSPS) is 10.1. The van der Waals surface area contributed by atoms with Gasteiger partial charge in [-0.05, 0) is 32.0 Å². The van der Waals surface area contributed by atoms with Crippen LogP contribution >= 0.6 is 0 Å². The molecule has 0 fully saturated rings. The van der Waals surface area contributed by atoms with Crippen molar-refractivity contribution in [3.05, 3.63) is 58.3 Å². The van der Waals surface area contributed by atoms with Crippen LogP contribution in [0, 0.1) is 31.0 Å². The molecule has 102 valence electrons. The molecule has 1 amide bonds. The Morgan fingerprint density at radius 2 is 2.15 bits per heavy atom. The number of nitrogens with one attached hydrogen (secondary N) is 1. The summed E-state index contributed by atoms with van der Waals surface area (Å²) in [5.74, 6) is 0.352. The molecule has 2 aromatic rings. The van der Waals surface area contributed by atoms with Crippen LogP contribution in [0.2, 0.25) is 0 Å². The van der Waals surface area contributed by atoms with Gasteiger partial charge < -0.3 is 9.73 Å². The number of rotatable bonds is 3. The zero-order valence-corrected chi connectivity index (χ0v) is 11.2. The lowest BCUT2D eigenvalue weighted by Gasteiger charge is -2.06. The van der Waals surface area contributed by atoms with Crippen molar-refractivity contribution >= 4 is 5.91 Å². The van der Waals surface area contributed by atoms with Gasteiger partial charge in [0.1, 0.15) is 17.3 Å². The number of carbonyl (C=O) groups excluding carboxylic acids is 1. The van der Waals surface area contributed by atoms with E-state index in [1.165, 1.54) is 12.1 Å². The van der Waals surface area contributed by atoms with E-state index in [9.17, 15) is 9.18 Å². The second-order valence-corrected chi connectivity index (χ2v) is 4.43. The number of benzene rings is 1. The molecule has 0 saturated heterocycles.